The molecular weight excluding hydrogens is 466 g/mol. The highest BCUT2D eigenvalue weighted by Gasteiger charge is 2.23. The lowest BCUT2D eigenvalue weighted by atomic mass is 9.87. The topological polar surface area (TPSA) is 94.1 Å². The van der Waals surface area contributed by atoms with Crippen molar-refractivity contribution in [3.05, 3.63) is 52.4 Å². The van der Waals surface area contributed by atoms with Gasteiger partial charge in [-0.3, -0.25) is 9.59 Å². The number of rotatable bonds is 10. The monoisotopic (exact) mass is 497 g/mol. The molecule has 1 aromatic carbocycles. The molecule has 0 saturated carbocycles. The fourth-order valence-electron chi connectivity index (χ4n) is 4.27. The molecule has 1 aliphatic rings. The molecule has 0 aliphatic heterocycles. The molecule has 180 valence electrons. The van der Waals surface area contributed by atoms with Crippen LogP contribution >= 0.6 is 23.1 Å². The molecule has 0 saturated heterocycles. The van der Waals surface area contributed by atoms with Crippen molar-refractivity contribution in [1.29, 1.82) is 0 Å². The third-order valence-corrected chi connectivity index (χ3v) is 8.58. The largest absolute Gasteiger partial charge is 0.370 e. The van der Waals surface area contributed by atoms with Gasteiger partial charge in [-0.2, -0.15) is 0 Å². The van der Waals surface area contributed by atoms with Gasteiger partial charge in [0.05, 0.1) is 10.6 Å². The number of thiophene rings is 1. The molecular formula is C25H31N5O2S2. The molecule has 7 nitrogen and oxygen atoms in total. The zero-order valence-electron chi connectivity index (χ0n) is 19.7. The summed E-state index contributed by atoms with van der Waals surface area (Å²) in [5, 5.41) is 9.50. The van der Waals surface area contributed by atoms with Crippen LogP contribution in [0.1, 0.15) is 42.2 Å². The molecule has 34 heavy (non-hydrogen) atoms. The molecule has 1 aliphatic carbocycles. The Bertz CT molecular complexity index is 1140. The van der Waals surface area contributed by atoms with E-state index in [1.54, 1.807) is 4.90 Å². The van der Waals surface area contributed by atoms with Crippen molar-refractivity contribution in [3.8, 4) is 10.7 Å². The summed E-state index contributed by atoms with van der Waals surface area (Å²) in [6, 6.07) is 12.0. The molecule has 0 bridgehead atoms. The lowest BCUT2D eigenvalue weighted by Crippen LogP contribution is -2.34. The molecule has 2 amide bonds. The van der Waals surface area contributed by atoms with Crippen molar-refractivity contribution < 1.29 is 9.59 Å². The van der Waals surface area contributed by atoms with Crippen LogP contribution in [0.15, 0.2) is 41.6 Å². The van der Waals surface area contributed by atoms with Crippen molar-refractivity contribution in [2.24, 2.45) is 18.7 Å². The van der Waals surface area contributed by atoms with Crippen molar-refractivity contribution in [2.45, 2.75) is 50.7 Å². The Labute approximate surface area is 208 Å². The van der Waals surface area contributed by atoms with E-state index < -0.39 is 5.91 Å². The van der Waals surface area contributed by atoms with Gasteiger partial charge in [0.25, 0.3) is 0 Å². The zero-order valence-corrected chi connectivity index (χ0v) is 21.3. The average Bonchev–Trinajstić information content (AvgIpc) is 3.42. The highest BCUT2D eigenvalue weighted by Crippen LogP contribution is 2.38. The number of nitrogens with zero attached hydrogens (tertiary/aromatic N) is 4. The minimum Gasteiger partial charge on any atom is -0.370 e. The second-order valence-corrected chi connectivity index (χ2v) is 10.8. The average molecular weight is 498 g/mol. The number of amides is 2. The van der Waals surface area contributed by atoms with Gasteiger partial charge in [-0.1, -0.05) is 55.4 Å². The van der Waals surface area contributed by atoms with Gasteiger partial charge in [0.1, 0.15) is 0 Å². The third kappa shape index (κ3) is 5.88. The van der Waals surface area contributed by atoms with Crippen LogP contribution < -0.4 is 5.73 Å². The maximum absolute atomic E-state index is 13.0. The van der Waals surface area contributed by atoms with Gasteiger partial charge in [-0.15, -0.1) is 21.5 Å². The van der Waals surface area contributed by atoms with Crippen LogP contribution in [-0.4, -0.2) is 43.8 Å². The van der Waals surface area contributed by atoms with E-state index in [-0.39, 0.29) is 18.1 Å². The number of fused-ring (bicyclic) bond motifs is 1. The van der Waals surface area contributed by atoms with E-state index in [4.69, 9.17) is 5.73 Å². The van der Waals surface area contributed by atoms with Gasteiger partial charge in [-0.25, -0.2) is 0 Å². The summed E-state index contributed by atoms with van der Waals surface area (Å²) in [6.45, 7) is 3.01. The molecule has 0 spiro atoms. The van der Waals surface area contributed by atoms with Crippen LogP contribution in [-0.2, 0) is 36.0 Å². The number of carbonyl (C=O) groups is 2. The van der Waals surface area contributed by atoms with E-state index in [0.717, 1.165) is 35.0 Å². The second-order valence-electron chi connectivity index (χ2n) is 8.75. The van der Waals surface area contributed by atoms with Crippen LogP contribution in [0.3, 0.4) is 0 Å². The summed E-state index contributed by atoms with van der Waals surface area (Å²) in [7, 11) is 1.95. The Hall–Kier alpha value is -2.65. The van der Waals surface area contributed by atoms with E-state index in [2.05, 4.69) is 23.2 Å². The van der Waals surface area contributed by atoms with Gasteiger partial charge < -0.3 is 15.2 Å². The SMILES string of the molecule is CCC1CCc2sc(-c3nnc(SCC(=O)N(CCC(N)=O)Cc4ccccc4)n3C)cc2C1. The molecule has 1 unspecified atom stereocenters. The number of thioether (sulfide) groups is 1. The fraction of sp³-hybridized carbons (Fsp3) is 0.440. The lowest BCUT2D eigenvalue weighted by molar-refractivity contribution is -0.129. The number of hydrogen-bond acceptors (Lipinski definition) is 6. The van der Waals surface area contributed by atoms with Crippen LogP contribution in [0, 0.1) is 5.92 Å². The number of aromatic nitrogens is 3. The Morgan fingerprint density at radius 3 is 2.79 bits per heavy atom. The predicted octanol–water partition coefficient (Wildman–Crippen LogP) is 4.05. The minimum atomic E-state index is -0.416. The Kier molecular flexibility index (Phi) is 8.05. The Morgan fingerprint density at radius 1 is 1.26 bits per heavy atom. The summed E-state index contributed by atoms with van der Waals surface area (Å²) < 4.78 is 1.97. The fourth-order valence-corrected chi connectivity index (χ4v) is 6.31. The maximum atomic E-state index is 13.0. The first-order chi connectivity index (χ1) is 16.4. The predicted molar refractivity (Wildman–Crippen MR) is 137 cm³/mol. The maximum Gasteiger partial charge on any atom is 0.233 e. The molecule has 9 heteroatoms. The minimum absolute atomic E-state index is 0.0585. The van der Waals surface area contributed by atoms with Crippen molar-refractivity contribution in [2.75, 3.05) is 12.3 Å². The normalized spacial score (nSPS) is 15.2. The summed E-state index contributed by atoms with van der Waals surface area (Å²) in [5.41, 5.74) is 7.79. The smallest absolute Gasteiger partial charge is 0.233 e. The Balaban J connectivity index is 1.42. The van der Waals surface area contributed by atoms with Crippen LogP contribution in [0.2, 0.25) is 0 Å². The summed E-state index contributed by atoms with van der Waals surface area (Å²) in [6.07, 6.45) is 4.93. The summed E-state index contributed by atoms with van der Waals surface area (Å²) in [5.74, 6) is 1.37. The Morgan fingerprint density at radius 2 is 2.06 bits per heavy atom. The molecule has 0 fully saturated rings. The quantitative estimate of drug-likeness (QED) is 0.427. The number of nitrogens with two attached hydrogens (primary N) is 1. The number of carbonyl (C=O) groups excluding carboxylic acids is 2. The molecule has 0 radical (unpaired) electrons. The van der Waals surface area contributed by atoms with Crippen LogP contribution in [0.5, 0.6) is 0 Å². The summed E-state index contributed by atoms with van der Waals surface area (Å²) in [4.78, 5) is 28.6. The van der Waals surface area contributed by atoms with Gasteiger partial charge in [-0.05, 0) is 42.4 Å². The molecule has 2 aromatic heterocycles. The first-order valence-corrected chi connectivity index (χ1v) is 13.5. The van der Waals surface area contributed by atoms with E-state index in [0.29, 0.717) is 18.2 Å². The zero-order chi connectivity index (χ0) is 24.1. The van der Waals surface area contributed by atoms with Gasteiger partial charge in [0, 0.05) is 31.4 Å². The number of aryl methyl sites for hydroxylation is 1. The number of primary amides is 1. The van der Waals surface area contributed by atoms with Crippen LogP contribution in [0.4, 0.5) is 0 Å². The van der Waals surface area contributed by atoms with Gasteiger partial charge in [0.2, 0.25) is 11.8 Å². The second kappa shape index (κ2) is 11.2. The van der Waals surface area contributed by atoms with Crippen molar-refractivity contribution in [3.63, 3.8) is 0 Å². The van der Waals surface area contributed by atoms with Crippen molar-refractivity contribution >= 4 is 34.9 Å². The van der Waals surface area contributed by atoms with E-state index in [9.17, 15) is 9.59 Å². The van der Waals surface area contributed by atoms with E-state index in [1.807, 2.05) is 53.3 Å². The van der Waals surface area contributed by atoms with Crippen LogP contribution in [0.25, 0.3) is 10.7 Å². The number of benzene rings is 1. The van der Waals surface area contributed by atoms with E-state index in [1.165, 1.54) is 35.0 Å². The van der Waals surface area contributed by atoms with Crippen molar-refractivity contribution in [1.82, 2.24) is 19.7 Å². The standard InChI is InChI=1S/C25H31N5O2S2/c1-3-17-9-10-20-19(13-17)14-21(34-20)24-27-28-25(29(24)2)33-16-23(32)30(12-11-22(26)31)15-18-7-5-4-6-8-18/h4-8,14,17H,3,9-13,15-16H2,1-2H3,(H2,26,31). The third-order valence-electron chi connectivity index (χ3n) is 6.34. The van der Waals surface area contributed by atoms with Gasteiger partial charge in [0.15, 0.2) is 11.0 Å². The first-order valence-electron chi connectivity index (χ1n) is 11.7. The first kappa shape index (κ1) is 24.5. The molecule has 2 heterocycles. The molecule has 3 aromatic rings. The lowest BCUT2D eigenvalue weighted by Gasteiger charge is -2.22. The molecule has 4 rings (SSSR count). The highest BCUT2D eigenvalue weighted by atomic mass is 32.2. The number of hydrogen-bond donors (Lipinski definition) is 1. The summed E-state index contributed by atoms with van der Waals surface area (Å²) >= 11 is 3.19. The van der Waals surface area contributed by atoms with E-state index >= 15 is 0 Å². The highest BCUT2D eigenvalue weighted by molar-refractivity contribution is 7.99. The molecule has 2 N–H and O–H groups in total. The van der Waals surface area contributed by atoms with Gasteiger partial charge >= 0.3 is 0 Å². The molecule has 1 atom stereocenters.